The molecule has 0 bridgehead atoms. The van der Waals surface area contributed by atoms with E-state index >= 15 is 0 Å². The van der Waals surface area contributed by atoms with Crippen LogP contribution in [0.15, 0.2) is 0 Å². The van der Waals surface area contributed by atoms with Crippen LogP contribution in [0.1, 0.15) is 6.92 Å². The fourth-order valence-electron chi connectivity index (χ4n) is 0.221. The van der Waals surface area contributed by atoms with E-state index in [2.05, 4.69) is 22.3 Å². The maximum atomic E-state index is 10.2. The number of alkyl carbamates (subject to hydrolysis) is 1. The van der Waals surface area contributed by atoms with E-state index in [1.807, 2.05) is 0 Å². The zero-order chi connectivity index (χ0) is 6.41. The molecule has 0 aliphatic heterocycles. The first-order chi connectivity index (χ1) is 3.81. The van der Waals surface area contributed by atoms with Gasteiger partial charge in [-0.25, -0.2) is 4.79 Å². The zero-order valence-corrected chi connectivity index (χ0v) is 5.33. The largest absolute Gasteiger partial charge is 0.450 e. The van der Waals surface area contributed by atoms with E-state index in [1.54, 1.807) is 6.92 Å². The van der Waals surface area contributed by atoms with Crippen molar-refractivity contribution < 1.29 is 9.53 Å². The van der Waals surface area contributed by atoms with Crippen molar-refractivity contribution in [1.82, 2.24) is 5.32 Å². The van der Waals surface area contributed by atoms with Gasteiger partial charge in [-0.15, -0.1) is 0 Å². The van der Waals surface area contributed by atoms with E-state index in [0.717, 1.165) is 5.49 Å². The van der Waals surface area contributed by atoms with Gasteiger partial charge in [-0.2, -0.15) is 0 Å². The van der Waals surface area contributed by atoms with Crippen molar-refractivity contribution >= 4 is 23.8 Å². The van der Waals surface area contributed by atoms with Gasteiger partial charge in [0.05, 0.1) is 12.1 Å². The third-order valence-electron chi connectivity index (χ3n) is 0.452. The highest BCUT2D eigenvalue weighted by Gasteiger charge is 1.91. The van der Waals surface area contributed by atoms with E-state index < -0.39 is 6.09 Å². The number of hydrogen-bond donors (Lipinski definition) is 1. The average Bonchev–Trinajstić information content (AvgIpc) is 1.68. The second kappa shape index (κ2) is 4.52. The van der Waals surface area contributed by atoms with E-state index in [9.17, 15) is 4.79 Å². The van der Waals surface area contributed by atoms with Gasteiger partial charge in [0.1, 0.15) is 0 Å². The Morgan fingerprint density at radius 1 is 2.00 bits per heavy atom. The Bertz CT molecular complexity index is 94.0. The minimum absolute atomic E-state index is 0.370. The Labute approximate surface area is 53.0 Å². The molecule has 0 aromatic heterocycles. The summed E-state index contributed by atoms with van der Waals surface area (Å²) in [6, 6.07) is 0. The van der Waals surface area contributed by atoms with Crippen LogP contribution >= 0.6 is 12.2 Å². The molecule has 4 heteroatoms. The molecule has 0 aliphatic carbocycles. The van der Waals surface area contributed by atoms with Crippen LogP contribution in [0.3, 0.4) is 0 Å². The number of carbonyl (C=O) groups is 1. The van der Waals surface area contributed by atoms with Crippen LogP contribution < -0.4 is 5.32 Å². The highest BCUT2D eigenvalue weighted by atomic mass is 32.1. The molecule has 0 radical (unpaired) electrons. The SMILES string of the molecule is CCOC(=O)NC=S. The second-order valence-electron chi connectivity index (χ2n) is 0.983. The first-order valence-corrected chi connectivity index (χ1v) is 2.65. The van der Waals surface area contributed by atoms with E-state index in [4.69, 9.17) is 0 Å². The lowest BCUT2D eigenvalue weighted by Gasteiger charge is -1.96. The summed E-state index contributed by atoms with van der Waals surface area (Å²) in [4.78, 5) is 10.2. The van der Waals surface area contributed by atoms with Crippen LogP contribution in [0, 0.1) is 0 Å². The number of thiocarbonyl (C=S) groups is 1. The van der Waals surface area contributed by atoms with Crippen molar-refractivity contribution in [1.29, 1.82) is 0 Å². The molecule has 8 heavy (non-hydrogen) atoms. The van der Waals surface area contributed by atoms with Crippen molar-refractivity contribution in [2.24, 2.45) is 0 Å². The van der Waals surface area contributed by atoms with E-state index in [-0.39, 0.29) is 0 Å². The highest BCUT2D eigenvalue weighted by molar-refractivity contribution is 7.78. The van der Waals surface area contributed by atoms with Crippen LogP contribution in [0.25, 0.3) is 0 Å². The third kappa shape index (κ3) is 3.55. The average molecular weight is 133 g/mol. The van der Waals surface area contributed by atoms with Crippen molar-refractivity contribution in [3.63, 3.8) is 0 Å². The Morgan fingerprint density at radius 3 is 3.00 bits per heavy atom. The summed E-state index contributed by atoms with van der Waals surface area (Å²) in [7, 11) is 0. The number of nitrogens with one attached hydrogen (secondary N) is 1. The fraction of sp³-hybridized carbons (Fsp3) is 0.500. The van der Waals surface area contributed by atoms with Crippen molar-refractivity contribution in [3.05, 3.63) is 0 Å². The van der Waals surface area contributed by atoms with Gasteiger partial charge in [-0.1, -0.05) is 12.2 Å². The van der Waals surface area contributed by atoms with Crippen LogP contribution in [0.4, 0.5) is 4.79 Å². The minimum atomic E-state index is -0.498. The third-order valence-corrected chi connectivity index (χ3v) is 0.570. The van der Waals surface area contributed by atoms with E-state index in [0.29, 0.717) is 6.61 Å². The molecule has 0 unspecified atom stereocenters. The Morgan fingerprint density at radius 2 is 2.62 bits per heavy atom. The van der Waals surface area contributed by atoms with Crippen molar-refractivity contribution in [3.8, 4) is 0 Å². The molecule has 0 aromatic carbocycles. The quantitative estimate of drug-likeness (QED) is 0.563. The number of hydrogen-bond acceptors (Lipinski definition) is 3. The molecule has 0 rings (SSSR count). The lowest BCUT2D eigenvalue weighted by Crippen LogP contribution is -2.21. The Balaban J connectivity index is 3.18. The second-order valence-corrected chi connectivity index (χ2v) is 1.22. The summed E-state index contributed by atoms with van der Waals surface area (Å²) in [5.41, 5.74) is 1.11. The van der Waals surface area contributed by atoms with E-state index in [1.165, 1.54) is 0 Å². The summed E-state index contributed by atoms with van der Waals surface area (Å²) in [5, 5.41) is 2.18. The van der Waals surface area contributed by atoms with Crippen molar-refractivity contribution in [2.45, 2.75) is 6.92 Å². The molecule has 0 fully saturated rings. The predicted octanol–water partition coefficient (Wildman–Crippen LogP) is 0.690. The number of carbonyl (C=O) groups excluding carboxylic acids is 1. The fourth-order valence-corrected chi connectivity index (χ4v) is 0.317. The van der Waals surface area contributed by atoms with Crippen LogP contribution in [0.2, 0.25) is 0 Å². The number of rotatable bonds is 2. The summed E-state index contributed by atoms with van der Waals surface area (Å²) in [6.07, 6.45) is -0.498. The van der Waals surface area contributed by atoms with Gasteiger partial charge < -0.3 is 4.74 Å². The molecule has 3 nitrogen and oxygen atoms in total. The monoisotopic (exact) mass is 133 g/mol. The van der Waals surface area contributed by atoms with Gasteiger partial charge in [0.25, 0.3) is 0 Å². The Hall–Kier alpha value is -0.640. The molecular weight excluding hydrogens is 126 g/mol. The van der Waals surface area contributed by atoms with Gasteiger partial charge in [-0.3, -0.25) is 5.32 Å². The molecule has 0 aromatic rings. The van der Waals surface area contributed by atoms with Crippen LogP contribution in [-0.2, 0) is 4.74 Å². The zero-order valence-electron chi connectivity index (χ0n) is 4.51. The first kappa shape index (κ1) is 7.36. The number of ether oxygens (including phenoxy) is 1. The molecule has 1 N–H and O–H groups in total. The normalized spacial score (nSPS) is 7.62. The number of amides is 1. The lowest BCUT2D eigenvalue weighted by molar-refractivity contribution is 0.158. The maximum absolute atomic E-state index is 10.2. The van der Waals surface area contributed by atoms with Crippen molar-refractivity contribution in [2.75, 3.05) is 6.61 Å². The molecule has 0 saturated heterocycles. The van der Waals surface area contributed by atoms with Gasteiger partial charge in [0.2, 0.25) is 0 Å². The van der Waals surface area contributed by atoms with Gasteiger partial charge >= 0.3 is 6.09 Å². The summed E-state index contributed by atoms with van der Waals surface area (Å²) in [6.45, 7) is 2.10. The summed E-state index contributed by atoms with van der Waals surface area (Å²) < 4.78 is 4.43. The molecule has 1 amide bonds. The molecule has 46 valence electrons. The summed E-state index contributed by atoms with van der Waals surface area (Å²) in [5.74, 6) is 0. The molecule has 0 saturated carbocycles. The summed E-state index contributed by atoms with van der Waals surface area (Å²) >= 11 is 4.31. The molecule has 0 spiro atoms. The highest BCUT2D eigenvalue weighted by Crippen LogP contribution is 1.71. The topological polar surface area (TPSA) is 38.3 Å². The van der Waals surface area contributed by atoms with Gasteiger partial charge in [0, 0.05) is 0 Å². The molecular formula is C4H7NO2S. The molecule has 0 heterocycles. The first-order valence-electron chi connectivity index (χ1n) is 2.18. The lowest BCUT2D eigenvalue weighted by atomic mass is 10.9. The predicted molar refractivity (Wildman–Crippen MR) is 33.8 cm³/mol. The smallest absolute Gasteiger partial charge is 0.411 e. The Kier molecular flexibility index (Phi) is 4.16. The molecule has 0 atom stereocenters. The van der Waals surface area contributed by atoms with Crippen LogP contribution in [-0.4, -0.2) is 18.2 Å². The van der Waals surface area contributed by atoms with Gasteiger partial charge in [0.15, 0.2) is 0 Å². The van der Waals surface area contributed by atoms with Gasteiger partial charge in [-0.05, 0) is 6.92 Å². The molecule has 0 aliphatic rings. The van der Waals surface area contributed by atoms with Crippen LogP contribution in [0.5, 0.6) is 0 Å². The maximum Gasteiger partial charge on any atom is 0.411 e. The minimum Gasteiger partial charge on any atom is -0.450 e. The standard InChI is InChI=1S/C4H7NO2S/c1-2-7-4(6)5-3-8/h3H,2H2,1H3,(H,5,6,8).